The van der Waals surface area contributed by atoms with Crippen molar-refractivity contribution in [2.75, 3.05) is 11.5 Å². The van der Waals surface area contributed by atoms with Gasteiger partial charge in [0.1, 0.15) is 0 Å². The SMILES string of the molecule is CC1SCCSC1C(Cc1csc2ccccc12)NN. The van der Waals surface area contributed by atoms with Crippen LogP contribution in [-0.2, 0) is 6.42 Å². The smallest absolute Gasteiger partial charge is 0.0380 e. The Morgan fingerprint density at radius 1 is 1.30 bits per heavy atom. The molecule has 0 saturated carbocycles. The molecule has 1 fully saturated rings. The Balaban J connectivity index is 1.80. The van der Waals surface area contributed by atoms with Crippen molar-refractivity contribution in [3.63, 3.8) is 0 Å². The number of nitrogens with one attached hydrogen (secondary N) is 1. The highest BCUT2D eigenvalue weighted by molar-refractivity contribution is 8.07. The highest BCUT2D eigenvalue weighted by atomic mass is 32.2. The Labute approximate surface area is 132 Å². The molecular weight excluding hydrogens is 304 g/mol. The molecular formula is C15H20N2S3. The van der Waals surface area contributed by atoms with Crippen LogP contribution in [0.15, 0.2) is 29.6 Å². The summed E-state index contributed by atoms with van der Waals surface area (Å²) in [6, 6.07) is 9.00. The number of hydrazine groups is 1. The fourth-order valence-corrected chi connectivity index (χ4v) is 6.71. The Morgan fingerprint density at radius 3 is 2.90 bits per heavy atom. The summed E-state index contributed by atoms with van der Waals surface area (Å²) in [6.07, 6.45) is 1.02. The average molecular weight is 325 g/mol. The van der Waals surface area contributed by atoms with E-state index in [0.29, 0.717) is 16.5 Å². The molecule has 5 heteroatoms. The second-order valence-corrected chi connectivity index (χ2v) is 8.83. The van der Waals surface area contributed by atoms with Gasteiger partial charge in [-0.25, -0.2) is 0 Å². The summed E-state index contributed by atoms with van der Waals surface area (Å²) in [5.74, 6) is 8.36. The molecule has 0 radical (unpaired) electrons. The van der Waals surface area contributed by atoms with Gasteiger partial charge >= 0.3 is 0 Å². The molecule has 3 unspecified atom stereocenters. The molecule has 2 heterocycles. The number of rotatable bonds is 4. The molecule has 1 aromatic heterocycles. The molecule has 3 N–H and O–H groups in total. The van der Waals surface area contributed by atoms with E-state index in [2.05, 4.69) is 65.5 Å². The van der Waals surface area contributed by atoms with Gasteiger partial charge in [0, 0.05) is 32.7 Å². The summed E-state index contributed by atoms with van der Waals surface area (Å²) in [5, 5.41) is 4.94. The lowest BCUT2D eigenvalue weighted by molar-refractivity contribution is 0.503. The van der Waals surface area contributed by atoms with Crippen molar-refractivity contribution in [3.05, 3.63) is 35.2 Å². The van der Waals surface area contributed by atoms with Crippen LogP contribution >= 0.6 is 34.9 Å². The first-order chi connectivity index (χ1) is 9.79. The Hall–Kier alpha value is -0.200. The first kappa shape index (κ1) is 14.7. The van der Waals surface area contributed by atoms with Crippen LogP contribution in [0.4, 0.5) is 0 Å². The van der Waals surface area contributed by atoms with Gasteiger partial charge in [-0.2, -0.15) is 23.5 Å². The van der Waals surface area contributed by atoms with E-state index in [4.69, 9.17) is 5.84 Å². The second kappa shape index (κ2) is 6.71. The van der Waals surface area contributed by atoms with Crippen molar-refractivity contribution < 1.29 is 0 Å². The summed E-state index contributed by atoms with van der Waals surface area (Å²) >= 11 is 5.98. The molecule has 20 heavy (non-hydrogen) atoms. The summed E-state index contributed by atoms with van der Waals surface area (Å²) in [7, 11) is 0. The first-order valence-electron chi connectivity index (χ1n) is 6.94. The van der Waals surface area contributed by atoms with Crippen molar-refractivity contribution in [1.82, 2.24) is 5.43 Å². The standard InChI is InChI=1S/C15H20N2S3/c1-10-15(19-7-6-18-10)13(17-16)8-11-9-20-14-5-3-2-4-12(11)14/h2-5,9-10,13,15,17H,6-8,16H2,1H3. The van der Waals surface area contributed by atoms with Gasteiger partial charge in [0.25, 0.3) is 0 Å². The molecule has 0 aliphatic carbocycles. The maximum Gasteiger partial charge on any atom is 0.0380 e. The zero-order valence-corrected chi connectivity index (χ0v) is 14.0. The number of thioether (sulfide) groups is 2. The minimum absolute atomic E-state index is 0.348. The predicted octanol–water partition coefficient (Wildman–Crippen LogP) is 3.51. The van der Waals surface area contributed by atoms with E-state index in [1.54, 1.807) is 0 Å². The van der Waals surface area contributed by atoms with Crippen molar-refractivity contribution in [2.45, 2.75) is 29.9 Å². The fourth-order valence-electron chi connectivity index (χ4n) is 2.79. The zero-order chi connectivity index (χ0) is 13.9. The zero-order valence-electron chi connectivity index (χ0n) is 11.5. The Bertz CT molecular complexity index is 569. The summed E-state index contributed by atoms with van der Waals surface area (Å²) < 4.78 is 1.37. The normalized spacial score (nSPS) is 24.9. The lowest BCUT2D eigenvalue weighted by atomic mass is 10.0. The van der Waals surface area contributed by atoms with Crippen molar-refractivity contribution in [3.8, 4) is 0 Å². The maximum absolute atomic E-state index is 5.86. The highest BCUT2D eigenvalue weighted by Crippen LogP contribution is 2.35. The van der Waals surface area contributed by atoms with Gasteiger partial charge in [0.2, 0.25) is 0 Å². The van der Waals surface area contributed by atoms with Crippen molar-refractivity contribution in [2.24, 2.45) is 5.84 Å². The van der Waals surface area contributed by atoms with Crippen LogP contribution in [0.3, 0.4) is 0 Å². The molecule has 0 amide bonds. The van der Waals surface area contributed by atoms with E-state index in [0.717, 1.165) is 6.42 Å². The molecule has 1 saturated heterocycles. The summed E-state index contributed by atoms with van der Waals surface area (Å²) in [5.41, 5.74) is 4.50. The molecule has 1 aliphatic heterocycles. The predicted molar refractivity (Wildman–Crippen MR) is 94.8 cm³/mol. The minimum Gasteiger partial charge on any atom is -0.271 e. The molecule has 0 spiro atoms. The van der Waals surface area contributed by atoms with Gasteiger partial charge in [-0.1, -0.05) is 25.1 Å². The van der Waals surface area contributed by atoms with Crippen molar-refractivity contribution in [1.29, 1.82) is 0 Å². The summed E-state index contributed by atoms with van der Waals surface area (Å²) in [4.78, 5) is 0. The number of thiophene rings is 1. The van der Waals surface area contributed by atoms with Gasteiger partial charge in [0.05, 0.1) is 0 Å². The molecule has 2 aromatic rings. The largest absolute Gasteiger partial charge is 0.271 e. The third-order valence-electron chi connectivity index (χ3n) is 3.85. The number of fused-ring (bicyclic) bond motifs is 1. The van der Waals surface area contributed by atoms with Crippen LogP contribution in [0.5, 0.6) is 0 Å². The van der Waals surface area contributed by atoms with Crippen LogP contribution < -0.4 is 11.3 Å². The first-order valence-corrected chi connectivity index (χ1v) is 9.91. The maximum atomic E-state index is 5.86. The van der Waals surface area contributed by atoms with Gasteiger partial charge in [0.15, 0.2) is 0 Å². The molecule has 108 valence electrons. The van der Waals surface area contributed by atoms with Crippen LogP contribution in [0.25, 0.3) is 10.1 Å². The lowest BCUT2D eigenvalue weighted by Gasteiger charge is -2.34. The highest BCUT2D eigenvalue weighted by Gasteiger charge is 2.30. The molecule has 2 nitrogen and oxygen atoms in total. The van der Waals surface area contributed by atoms with E-state index >= 15 is 0 Å². The van der Waals surface area contributed by atoms with E-state index in [-0.39, 0.29) is 0 Å². The molecule has 3 rings (SSSR count). The quantitative estimate of drug-likeness (QED) is 0.667. The van der Waals surface area contributed by atoms with Gasteiger partial charge < -0.3 is 0 Å². The lowest BCUT2D eigenvalue weighted by Crippen LogP contribution is -2.48. The van der Waals surface area contributed by atoms with Crippen LogP contribution in [0.1, 0.15) is 12.5 Å². The van der Waals surface area contributed by atoms with Gasteiger partial charge in [-0.05, 0) is 28.8 Å². The number of hydrogen-bond acceptors (Lipinski definition) is 5. The Morgan fingerprint density at radius 2 is 2.10 bits per heavy atom. The molecule has 0 bridgehead atoms. The van der Waals surface area contributed by atoms with E-state index < -0.39 is 0 Å². The number of hydrogen-bond donors (Lipinski definition) is 2. The van der Waals surface area contributed by atoms with Gasteiger partial charge in [-0.15, -0.1) is 11.3 Å². The molecule has 1 aromatic carbocycles. The monoisotopic (exact) mass is 324 g/mol. The second-order valence-electron chi connectivity index (χ2n) is 5.15. The Kier molecular flexibility index (Phi) is 4.94. The van der Waals surface area contributed by atoms with Crippen molar-refractivity contribution >= 4 is 44.9 Å². The van der Waals surface area contributed by atoms with Crippen LogP contribution in [-0.4, -0.2) is 28.0 Å². The van der Waals surface area contributed by atoms with Crippen LogP contribution in [0.2, 0.25) is 0 Å². The van der Waals surface area contributed by atoms with Gasteiger partial charge in [-0.3, -0.25) is 11.3 Å². The van der Waals surface area contributed by atoms with Crippen LogP contribution in [0, 0.1) is 0 Å². The van der Waals surface area contributed by atoms with E-state index in [1.165, 1.54) is 27.2 Å². The molecule has 3 atom stereocenters. The minimum atomic E-state index is 0.348. The fraction of sp³-hybridized carbons (Fsp3) is 0.467. The summed E-state index contributed by atoms with van der Waals surface area (Å²) in [6.45, 7) is 2.33. The topological polar surface area (TPSA) is 38.0 Å². The number of nitrogens with two attached hydrogens (primary N) is 1. The average Bonchev–Trinajstić information content (AvgIpc) is 2.89. The third kappa shape index (κ3) is 3.02. The van der Waals surface area contributed by atoms with E-state index in [1.807, 2.05) is 11.3 Å². The van der Waals surface area contributed by atoms with E-state index in [9.17, 15) is 0 Å². The third-order valence-corrected chi connectivity index (χ3v) is 8.11. The molecule has 1 aliphatic rings. The number of benzene rings is 1.